The van der Waals surface area contributed by atoms with E-state index in [-0.39, 0.29) is 17.4 Å². The monoisotopic (exact) mass is 398 g/mol. The van der Waals surface area contributed by atoms with Gasteiger partial charge in [0.15, 0.2) is 23.1 Å². The predicted molar refractivity (Wildman–Crippen MR) is 109 cm³/mol. The van der Waals surface area contributed by atoms with Crippen molar-refractivity contribution < 1.29 is 17.9 Å². The van der Waals surface area contributed by atoms with E-state index in [4.69, 9.17) is 4.74 Å². The maximum atomic E-state index is 15.3. The Labute approximate surface area is 169 Å². The van der Waals surface area contributed by atoms with Crippen molar-refractivity contribution in [1.29, 1.82) is 0 Å². The van der Waals surface area contributed by atoms with Gasteiger partial charge in [0.05, 0.1) is 0 Å². The van der Waals surface area contributed by atoms with Gasteiger partial charge in [0.2, 0.25) is 5.82 Å². The molecule has 1 aliphatic carbocycles. The van der Waals surface area contributed by atoms with Gasteiger partial charge in [0.1, 0.15) is 0 Å². The fourth-order valence-corrected chi connectivity index (χ4v) is 4.55. The molecule has 1 heterocycles. The lowest BCUT2D eigenvalue weighted by Crippen LogP contribution is -2.15. The number of fused-ring (bicyclic) bond motifs is 2. The van der Waals surface area contributed by atoms with Crippen LogP contribution in [0.2, 0.25) is 0 Å². The van der Waals surface area contributed by atoms with Gasteiger partial charge >= 0.3 is 0 Å². The van der Waals surface area contributed by atoms with Gasteiger partial charge in [-0.15, -0.1) is 13.2 Å². The van der Waals surface area contributed by atoms with Gasteiger partial charge in [-0.25, -0.2) is 8.78 Å². The van der Waals surface area contributed by atoms with Crippen molar-refractivity contribution in [2.45, 2.75) is 50.9 Å². The molecule has 0 unspecified atom stereocenters. The fourth-order valence-electron chi connectivity index (χ4n) is 4.55. The third-order valence-corrected chi connectivity index (χ3v) is 6.27. The SMILES string of the molecule is C=CCCc1cc2c(c(F)c1F)Oc1c(ccc(C3CCC(C=C)CC3)c1F)C2. The molecule has 1 aliphatic heterocycles. The van der Waals surface area contributed by atoms with Gasteiger partial charge in [-0.1, -0.05) is 24.3 Å². The number of halogens is 3. The van der Waals surface area contributed by atoms with Gasteiger partial charge in [-0.3, -0.25) is 0 Å². The van der Waals surface area contributed by atoms with Gasteiger partial charge in [-0.2, -0.15) is 4.39 Å². The molecule has 1 nitrogen and oxygen atoms in total. The number of ether oxygens (including phenoxy) is 1. The van der Waals surface area contributed by atoms with Crippen LogP contribution in [-0.4, -0.2) is 0 Å². The minimum Gasteiger partial charge on any atom is -0.450 e. The largest absolute Gasteiger partial charge is 0.450 e. The van der Waals surface area contributed by atoms with E-state index in [9.17, 15) is 8.78 Å². The molecule has 0 radical (unpaired) electrons. The first kappa shape index (κ1) is 19.8. The van der Waals surface area contributed by atoms with Crippen molar-refractivity contribution in [2.24, 2.45) is 5.92 Å². The molecule has 0 amide bonds. The summed E-state index contributed by atoms with van der Waals surface area (Å²) >= 11 is 0. The van der Waals surface area contributed by atoms with Crippen LogP contribution < -0.4 is 4.74 Å². The minimum absolute atomic E-state index is 0.0398. The molecule has 2 aromatic rings. The van der Waals surface area contributed by atoms with Crippen molar-refractivity contribution in [2.75, 3.05) is 0 Å². The van der Waals surface area contributed by atoms with E-state index >= 15 is 4.39 Å². The molecule has 0 aromatic heterocycles. The number of hydrogen-bond donors (Lipinski definition) is 0. The van der Waals surface area contributed by atoms with Crippen molar-refractivity contribution in [3.63, 3.8) is 0 Å². The van der Waals surface area contributed by atoms with Crippen molar-refractivity contribution in [1.82, 2.24) is 0 Å². The Morgan fingerprint density at radius 1 is 0.931 bits per heavy atom. The second-order valence-corrected chi connectivity index (χ2v) is 8.06. The molecular formula is C25H25F3O. The number of aryl methyl sites for hydroxylation is 1. The van der Waals surface area contributed by atoms with Crippen LogP contribution in [0.5, 0.6) is 11.5 Å². The molecule has 1 saturated carbocycles. The second kappa shape index (κ2) is 8.10. The van der Waals surface area contributed by atoms with Crippen LogP contribution in [0.25, 0.3) is 0 Å². The highest BCUT2D eigenvalue weighted by molar-refractivity contribution is 5.54. The standard InChI is InChI=1S/C25H25F3O/c1-3-5-6-17-13-19-14-18-11-12-20(16-9-7-15(4-2)8-10-16)22(27)24(18)29-25(19)23(28)21(17)26/h3-4,11-13,15-16H,1-2,5-10,14H2. The minimum atomic E-state index is -1.04. The zero-order valence-corrected chi connectivity index (χ0v) is 16.4. The normalized spacial score (nSPS) is 20.4. The van der Waals surface area contributed by atoms with Crippen molar-refractivity contribution in [3.8, 4) is 11.5 Å². The average Bonchev–Trinajstić information content (AvgIpc) is 2.75. The van der Waals surface area contributed by atoms with E-state index in [1.54, 1.807) is 12.1 Å². The highest BCUT2D eigenvalue weighted by Gasteiger charge is 2.30. The van der Waals surface area contributed by atoms with Crippen LogP contribution >= 0.6 is 0 Å². The Morgan fingerprint density at radius 2 is 1.66 bits per heavy atom. The molecule has 4 heteroatoms. The van der Waals surface area contributed by atoms with Crippen LogP contribution in [0.3, 0.4) is 0 Å². The van der Waals surface area contributed by atoms with E-state index in [0.29, 0.717) is 47.4 Å². The maximum Gasteiger partial charge on any atom is 0.201 e. The molecule has 0 bridgehead atoms. The van der Waals surface area contributed by atoms with Crippen LogP contribution in [0, 0.1) is 23.4 Å². The smallest absolute Gasteiger partial charge is 0.201 e. The summed E-state index contributed by atoms with van der Waals surface area (Å²) in [6.07, 6.45) is 8.64. The summed E-state index contributed by atoms with van der Waals surface area (Å²) in [6, 6.07) is 5.32. The summed E-state index contributed by atoms with van der Waals surface area (Å²) in [5.41, 5.74) is 2.12. The Morgan fingerprint density at radius 3 is 2.34 bits per heavy atom. The molecule has 1 fully saturated rings. The summed E-state index contributed by atoms with van der Waals surface area (Å²) in [5.74, 6) is -1.95. The zero-order valence-electron chi connectivity index (χ0n) is 16.4. The van der Waals surface area contributed by atoms with Crippen LogP contribution in [0.4, 0.5) is 13.2 Å². The first-order valence-corrected chi connectivity index (χ1v) is 10.3. The van der Waals surface area contributed by atoms with E-state index < -0.39 is 17.5 Å². The maximum absolute atomic E-state index is 15.3. The molecule has 0 saturated heterocycles. The lowest BCUT2D eigenvalue weighted by atomic mass is 9.78. The molecule has 0 spiro atoms. The topological polar surface area (TPSA) is 9.23 Å². The Balaban J connectivity index is 1.65. The molecule has 0 N–H and O–H groups in total. The third-order valence-electron chi connectivity index (χ3n) is 6.27. The van der Waals surface area contributed by atoms with Crippen LogP contribution in [0.1, 0.15) is 60.3 Å². The second-order valence-electron chi connectivity index (χ2n) is 8.06. The molecule has 2 aromatic carbocycles. The highest BCUT2D eigenvalue weighted by atomic mass is 19.2. The number of allylic oxidation sites excluding steroid dienone is 2. The Kier molecular flexibility index (Phi) is 5.53. The average molecular weight is 398 g/mol. The van der Waals surface area contributed by atoms with E-state index in [1.807, 2.05) is 18.2 Å². The molecule has 2 aliphatic rings. The first-order chi connectivity index (χ1) is 14.0. The Hall–Kier alpha value is -2.49. The fraction of sp³-hybridized carbons (Fsp3) is 0.360. The summed E-state index contributed by atoms with van der Waals surface area (Å²) in [7, 11) is 0. The summed E-state index contributed by atoms with van der Waals surface area (Å²) in [6.45, 7) is 7.47. The molecule has 0 atom stereocenters. The molecule has 152 valence electrons. The first-order valence-electron chi connectivity index (χ1n) is 10.3. The molecular weight excluding hydrogens is 373 g/mol. The van der Waals surface area contributed by atoms with Gasteiger partial charge in [0, 0.05) is 17.5 Å². The van der Waals surface area contributed by atoms with E-state index in [2.05, 4.69) is 13.2 Å². The quantitative estimate of drug-likeness (QED) is 0.407. The summed E-state index contributed by atoms with van der Waals surface area (Å²) < 4.78 is 50.1. The third kappa shape index (κ3) is 3.61. The predicted octanol–water partition coefficient (Wildman–Crippen LogP) is 7.38. The number of hydrogen-bond acceptors (Lipinski definition) is 1. The zero-order chi connectivity index (χ0) is 20.5. The van der Waals surface area contributed by atoms with Crippen LogP contribution in [0.15, 0.2) is 43.5 Å². The van der Waals surface area contributed by atoms with Gasteiger partial charge < -0.3 is 4.74 Å². The van der Waals surface area contributed by atoms with E-state index in [0.717, 1.165) is 25.7 Å². The lowest BCUT2D eigenvalue weighted by Gasteiger charge is -2.29. The Bertz CT molecular complexity index is 955. The van der Waals surface area contributed by atoms with Crippen molar-refractivity contribution in [3.05, 3.63) is 83.2 Å². The highest BCUT2D eigenvalue weighted by Crippen LogP contribution is 2.45. The summed E-state index contributed by atoms with van der Waals surface area (Å²) in [5, 5.41) is 0. The number of benzene rings is 2. The van der Waals surface area contributed by atoms with Gasteiger partial charge in [0.25, 0.3) is 0 Å². The molecule has 29 heavy (non-hydrogen) atoms. The molecule has 4 rings (SSSR count). The lowest BCUT2D eigenvalue weighted by molar-refractivity contribution is 0.354. The van der Waals surface area contributed by atoms with Crippen LogP contribution in [-0.2, 0) is 12.8 Å². The summed E-state index contributed by atoms with van der Waals surface area (Å²) in [4.78, 5) is 0. The van der Waals surface area contributed by atoms with Crippen molar-refractivity contribution >= 4 is 0 Å². The van der Waals surface area contributed by atoms with Gasteiger partial charge in [-0.05, 0) is 67.6 Å². The number of rotatable bonds is 5. The van der Waals surface area contributed by atoms with E-state index in [1.165, 1.54) is 0 Å².